The van der Waals surface area contributed by atoms with Crippen molar-refractivity contribution in [2.24, 2.45) is 7.05 Å². The Bertz CT molecular complexity index is 869. The van der Waals surface area contributed by atoms with E-state index in [1.54, 1.807) is 7.11 Å². The topological polar surface area (TPSA) is 47.5 Å². The standard InChI is InChI=1S/C20H25N2O3/c1-14-9-19-20(10-15(14)2)22(13-21(19)3)11-16(23)12-25-18-7-5-17(24-4)6-8-18/h5-10,13,16,23H,11-12H2,1-4H3/q+1/t16-/m0/s1. The molecule has 5 heteroatoms. The highest BCUT2D eigenvalue weighted by Gasteiger charge is 2.18. The summed E-state index contributed by atoms with van der Waals surface area (Å²) in [6.45, 7) is 4.94. The second-order valence-electron chi connectivity index (χ2n) is 6.44. The minimum atomic E-state index is -0.598. The molecular formula is C20H25N2O3+. The van der Waals surface area contributed by atoms with Crippen molar-refractivity contribution in [1.82, 2.24) is 4.57 Å². The molecule has 0 amide bonds. The zero-order chi connectivity index (χ0) is 18.0. The van der Waals surface area contributed by atoms with Crippen LogP contribution in [0.3, 0.4) is 0 Å². The minimum absolute atomic E-state index is 0.237. The molecule has 1 N–H and O–H groups in total. The first kappa shape index (κ1) is 17.3. The van der Waals surface area contributed by atoms with Crippen LogP contribution in [0.5, 0.6) is 11.5 Å². The van der Waals surface area contributed by atoms with Crippen LogP contribution in [0.4, 0.5) is 0 Å². The number of benzene rings is 2. The molecule has 25 heavy (non-hydrogen) atoms. The van der Waals surface area contributed by atoms with Crippen molar-refractivity contribution in [1.29, 1.82) is 0 Å². The first-order valence-electron chi connectivity index (χ1n) is 8.38. The van der Waals surface area contributed by atoms with Gasteiger partial charge in [-0.3, -0.25) is 0 Å². The predicted octanol–water partition coefficient (Wildman–Crippen LogP) is 2.53. The smallest absolute Gasteiger partial charge is 0.244 e. The van der Waals surface area contributed by atoms with Gasteiger partial charge in [-0.15, -0.1) is 0 Å². The molecule has 0 unspecified atom stereocenters. The van der Waals surface area contributed by atoms with Gasteiger partial charge in [-0.1, -0.05) is 0 Å². The largest absolute Gasteiger partial charge is 0.497 e. The highest BCUT2D eigenvalue weighted by Crippen LogP contribution is 2.19. The summed E-state index contributed by atoms with van der Waals surface area (Å²) in [5, 5.41) is 10.4. The van der Waals surface area contributed by atoms with Crippen molar-refractivity contribution >= 4 is 11.0 Å². The van der Waals surface area contributed by atoms with Gasteiger partial charge in [-0.05, 0) is 61.4 Å². The van der Waals surface area contributed by atoms with Crippen LogP contribution in [0.1, 0.15) is 11.1 Å². The highest BCUT2D eigenvalue weighted by atomic mass is 16.5. The number of aromatic nitrogens is 2. The van der Waals surface area contributed by atoms with Crippen molar-refractivity contribution < 1.29 is 19.1 Å². The van der Waals surface area contributed by atoms with Gasteiger partial charge in [0.15, 0.2) is 11.0 Å². The lowest BCUT2D eigenvalue weighted by molar-refractivity contribution is -0.645. The fourth-order valence-electron chi connectivity index (χ4n) is 2.92. The number of hydrogen-bond donors (Lipinski definition) is 1. The second kappa shape index (κ2) is 7.15. The minimum Gasteiger partial charge on any atom is -0.497 e. The van der Waals surface area contributed by atoms with E-state index in [1.165, 1.54) is 11.1 Å². The third-order valence-corrected chi connectivity index (χ3v) is 4.50. The van der Waals surface area contributed by atoms with Gasteiger partial charge in [0.05, 0.1) is 14.2 Å². The Balaban J connectivity index is 1.69. The maximum Gasteiger partial charge on any atom is 0.244 e. The Labute approximate surface area is 148 Å². The summed E-state index contributed by atoms with van der Waals surface area (Å²) in [7, 11) is 3.65. The summed E-state index contributed by atoms with van der Waals surface area (Å²) in [4.78, 5) is 0. The van der Waals surface area contributed by atoms with Crippen LogP contribution in [0, 0.1) is 13.8 Å². The maximum absolute atomic E-state index is 10.4. The number of aliphatic hydroxyl groups excluding tert-OH is 1. The number of methoxy groups -OCH3 is 1. The van der Waals surface area contributed by atoms with E-state index in [1.807, 2.05) is 37.6 Å². The van der Waals surface area contributed by atoms with E-state index in [9.17, 15) is 5.11 Å². The van der Waals surface area contributed by atoms with E-state index in [-0.39, 0.29) is 6.61 Å². The zero-order valence-corrected chi connectivity index (χ0v) is 15.2. The number of ether oxygens (including phenoxy) is 2. The summed E-state index contributed by atoms with van der Waals surface area (Å²) in [5.41, 5.74) is 4.79. The van der Waals surface area contributed by atoms with Crippen molar-refractivity contribution in [2.75, 3.05) is 13.7 Å². The molecule has 0 aliphatic rings. The first-order chi connectivity index (χ1) is 12.0. The molecule has 1 aromatic heterocycles. The summed E-state index contributed by atoms with van der Waals surface area (Å²) >= 11 is 0. The lowest BCUT2D eigenvalue weighted by Crippen LogP contribution is -2.27. The van der Waals surface area contributed by atoms with Crippen LogP contribution in [0.15, 0.2) is 42.7 Å². The van der Waals surface area contributed by atoms with Crippen LogP contribution in [0.25, 0.3) is 11.0 Å². The third kappa shape index (κ3) is 3.77. The number of hydrogen-bond acceptors (Lipinski definition) is 3. The van der Waals surface area contributed by atoms with Gasteiger partial charge in [0.2, 0.25) is 6.33 Å². The number of nitrogens with zero attached hydrogens (tertiary/aromatic N) is 2. The second-order valence-corrected chi connectivity index (χ2v) is 6.44. The molecule has 0 saturated carbocycles. The van der Waals surface area contributed by atoms with Crippen LogP contribution in [-0.4, -0.2) is 29.5 Å². The molecule has 1 atom stereocenters. The molecule has 132 valence electrons. The third-order valence-electron chi connectivity index (χ3n) is 4.50. The van der Waals surface area contributed by atoms with E-state index in [0.29, 0.717) is 12.3 Å². The fourth-order valence-corrected chi connectivity index (χ4v) is 2.92. The molecule has 0 aliphatic carbocycles. The highest BCUT2D eigenvalue weighted by molar-refractivity contribution is 5.74. The number of aryl methyl sites for hydroxylation is 3. The summed E-state index contributed by atoms with van der Waals surface area (Å²) in [6, 6.07) is 11.7. The number of fused-ring (bicyclic) bond motifs is 1. The molecule has 3 rings (SSSR count). The van der Waals surface area contributed by atoms with Crippen molar-refractivity contribution in [3.63, 3.8) is 0 Å². The Morgan fingerprint density at radius 1 is 1.08 bits per heavy atom. The Kier molecular flexibility index (Phi) is 4.95. The average Bonchev–Trinajstić information content (AvgIpc) is 2.89. The van der Waals surface area contributed by atoms with E-state index in [0.717, 1.165) is 16.8 Å². The van der Waals surface area contributed by atoms with E-state index >= 15 is 0 Å². The summed E-state index contributed by atoms with van der Waals surface area (Å²) in [5.74, 6) is 1.50. The molecule has 5 nitrogen and oxygen atoms in total. The van der Waals surface area contributed by atoms with Gasteiger partial charge in [-0.2, -0.15) is 0 Å². The molecule has 0 spiro atoms. The van der Waals surface area contributed by atoms with Crippen molar-refractivity contribution in [3.8, 4) is 11.5 Å². The van der Waals surface area contributed by atoms with Gasteiger partial charge in [0.1, 0.15) is 30.8 Å². The molecular weight excluding hydrogens is 316 g/mol. The SMILES string of the molecule is COc1ccc(OC[C@@H](O)Cn2c[n+](C)c3cc(C)c(C)cc32)cc1. The van der Waals surface area contributed by atoms with E-state index in [4.69, 9.17) is 9.47 Å². The van der Waals surface area contributed by atoms with Gasteiger partial charge < -0.3 is 14.6 Å². The summed E-state index contributed by atoms with van der Waals surface area (Å²) < 4.78 is 15.0. The van der Waals surface area contributed by atoms with E-state index < -0.39 is 6.10 Å². The Morgan fingerprint density at radius 2 is 1.72 bits per heavy atom. The van der Waals surface area contributed by atoms with Crippen LogP contribution < -0.4 is 14.0 Å². The van der Waals surface area contributed by atoms with Crippen LogP contribution in [0.2, 0.25) is 0 Å². The van der Waals surface area contributed by atoms with Crippen molar-refractivity contribution in [2.45, 2.75) is 26.5 Å². The molecule has 2 aromatic carbocycles. The van der Waals surface area contributed by atoms with Gasteiger partial charge in [-0.25, -0.2) is 9.13 Å². The average molecular weight is 341 g/mol. The molecule has 0 fully saturated rings. The summed E-state index contributed by atoms with van der Waals surface area (Å²) in [6.07, 6.45) is 1.42. The molecule has 1 heterocycles. The normalized spacial score (nSPS) is 12.4. The Morgan fingerprint density at radius 3 is 2.40 bits per heavy atom. The Hall–Kier alpha value is -2.53. The molecule has 3 aromatic rings. The monoisotopic (exact) mass is 341 g/mol. The van der Waals surface area contributed by atoms with Gasteiger partial charge in [0, 0.05) is 0 Å². The number of rotatable bonds is 6. The first-order valence-corrected chi connectivity index (χ1v) is 8.38. The predicted molar refractivity (Wildman–Crippen MR) is 97.1 cm³/mol. The van der Waals surface area contributed by atoms with Crippen molar-refractivity contribution in [3.05, 3.63) is 53.9 Å². The zero-order valence-electron chi connectivity index (χ0n) is 15.2. The van der Waals surface area contributed by atoms with Crippen LogP contribution >= 0.6 is 0 Å². The molecule has 0 saturated heterocycles. The quantitative estimate of drug-likeness (QED) is 0.701. The lowest BCUT2D eigenvalue weighted by Gasteiger charge is -2.11. The van der Waals surface area contributed by atoms with Gasteiger partial charge >= 0.3 is 0 Å². The lowest BCUT2D eigenvalue weighted by atomic mass is 10.1. The fraction of sp³-hybridized carbons (Fsp3) is 0.350. The molecule has 0 aliphatic heterocycles. The number of imidazole rings is 1. The van der Waals surface area contributed by atoms with Gasteiger partial charge in [0.25, 0.3) is 0 Å². The van der Waals surface area contributed by atoms with Crippen LogP contribution in [-0.2, 0) is 13.6 Å². The van der Waals surface area contributed by atoms with E-state index in [2.05, 4.69) is 35.1 Å². The number of aliphatic hydroxyl groups is 1. The maximum atomic E-state index is 10.4. The molecule has 0 bridgehead atoms. The molecule has 0 radical (unpaired) electrons.